The molecular formula is C6H6NaO3S-. The normalized spacial score (nSPS) is 11.8. The summed E-state index contributed by atoms with van der Waals surface area (Å²) in [5, 5.41) is 0. The number of hydrogen-bond donors (Lipinski definition) is 1. The van der Waals surface area contributed by atoms with E-state index in [-0.39, 0.29) is 31.0 Å². The van der Waals surface area contributed by atoms with Gasteiger partial charge in [-0.2, -0.15) is 0 Å². The van der Waals surface area contributed by atoms with E-state index in [1.54, 1.807) is 0 Å². The first-order valence-corrected chi connectivity index (χ1v) is 3.62. The maximum atomic E-state index is 8.56. The number of hydrogen-bond acceptors (Lipinski definition) is 2. The molecule has 0 aliphatic heterocycles. The van der Waals surface area contributed by atoms with Crippen molar-refractivity contribution in [3.8, 4) is 11.1 Å². The minimum absolute atomic E-state index is 0. The molecule has 1 N–H and O–H groups in total. The van der Waals surface area contributed by atoms with Crippen LogP contribution >= 0.6 is 0 Å². The van der Waals surface area contributed by atoms with E-state index < -0.39 is 11.4 Å². The van der Waals surface area contributed by atoms with Crippen molar-refractivity contribution in [2.75, 3.05) is 0 Å². The van der Waals surface area contributed by atoms with Crippen LogP contribution < -0.4 is 29.6 Å². The third-order valence-electron chi connectivity index (χ3n) is 1.22. The van der Waals surface area contributed by atoms with E-state index in [1.807, 2.05) is 0 Å². The maximum absolute atomic E-state index is 8.56. The van der Waals surface area contributed by atoms with Crippen LogP contribution in [0.5, 0.6) is 0 Å². The Hall–Kier alpha value is 0.290. The largest absolute Gasteiger partial charge is 1.00 e. The molecule has 1 atom stereocenters. The van der Waals surface area contributed by atoms with Crippen molar-refractivity contribution in [3.05, 3.63) is 24.3 Å². The van der Waals surface area contributed by atoms with Crippen molar-refractivity contribution in [1.29, 1.82) is 0 Å². The van der Waals surface area contributed by atoms with Gasteiger partial charge < -0.3 is 10.5 Å². The Morgan fingerprint density at radius 2 is 1.45 bits per heavy atom. The van der Waals surface area contributed by atoms with Gasteiger partial charge >= 0.3 is 29.6 Å². The summed E-state index contributed by atoms with van der Waals surface area (Å²) in [5.41, 5.74) is 2.85. The van der Waals surface area contributed by atoms with Gasteiger partial charge in [-0.15, -0.1) is 0 Å². The van der Waals surface area contributed by atoms with Crippen LogP contribution in [0.2, 0.25) is 0 Å². The van der Waals surface area contributed by atoms with Crippen LogP contribution in [0.15, 0.2) is 24.3 Å². The molecule has 11 heavy (non-hydrogen) atoms. The molecule has 0 aromatic carbocycles. The van der Waals surface area contributed by atoms with Crippen molar-refractivity contribution >= 4 is 11.4 Å². The van der Waals surface area contributed by atoms with Crippen LogP contribution in [0.4, 0.5) is 0 Å². The van der Waals surface area contributed by atoms with Gasteiger partial charge in [-0.25, -0.2) is 4.21 Å². The van der Waals surface area contributed by atoms with Crippen molar-refractivity contribution < 1.29 is 44.3 Å². The molecular weight excluding hydrogens is 175 g/mol. The molecule has 0 aromatic rings. The molecule has 3 nitrogen and oxygen atoms in total. The predicted octanol–water partition coefficient (Wildman–Crippen LogP) is -1.88. The van der Waals surface area contributed by atoms with E-state index in [0.717, 1.165) is 0 Å². The smallest absolute Gasteiger partial charge is 1.00 e. The fourth-order valence-corrected chi connectivity index (χ4v) is 0.663. The molecule has 2 rings (SSSR count). The van der Waals surface area contributed by atoms with Gasteiger partial charge in [0.05, 0.1) is 11.4 Å². The van der Waals surface area contributed by atoms with E-state index >= 15 is 0 Å². The second-order valence-electron chi connectivity index (χ2n) is 1.79. The van der Waals surface area contributed by atoms with Gasteiger partial charge in [0.25, 0.3) is 0 Å². The molecule has 2 aliphatic carbocycles. The second-order valence-corrected chi connectivity index (χ2v) is 2.23. The zero-order valence-corrected chi connectivity index (χ0v) is 8.80. The third-order valence-corrected chi connectivity index (χ3v) is 1.22. The Bertz CT molecular complexity index is 226. The summed E-state index contributed by atoms with van der Waals surface area (Å²) in [5.74, 6) is 0. The van der Waals surface area contributed by atoms with Crippen LogP contribution in [0.25, 0.3) is 11.1 Å². The van der Waals surface area contributed by atoms with Crippen molar-refractivity contribution in [2.45, 2.75) is 0 Å². The van der Waals surface area contributed by atoms with E-state index in [9.17, 15) is 0 Å². The molecule has 0 amide bonds. The standard InChI is InChI=1S/C6H4.Na.H2O3S.H/c1-2-6-4-3-5(1)6;;1-4(2)3;/h1-4H;;(H2,1,2,3);/q;+1;;-1/p-1. The Morgan fingerprint density at radius 1 is 1.27 bits per heavy atom. The minimum Gasteiger partial charge on any atom is -1.00 e. The molecule has 0 saturated heterocycles. The van der Waals surface area contributed by atoms with Crippen LogP contribution in [0.1, 0.15) is 1.43 Å². The Kier molecular flexibility index (Phi) is 5.16. The molecule has 0 saturated carbocycles. The maximum Gasteiger partial charge on any atom is 1.00 e. The van der Waals surface area contributed by atoms with Gasteiger partial charge in [0.15, 0.2) is 0 Å². The topological polar surface area (TPSA) is 60.4 Å². The summed E-state index contributed by atoms with van der Waals surface area (Å²) in [6.45, 7) is 0. The zero-order valence-electron chi connectivity index (χ0n) is 6.98. The third kappa shape index (κ3) is 3.46. The minimum atomic E-state index is -2.86. The average molecular weight is 181 g/mol. The van der Waals surface area contributed by atoms with E-state index in [4.69, 9.17) is 13.3 Å². The summed E-state index contributed by atoms with van der Waals surface area (Å²) in [6.07, 6.45) is 0. The van der Waals surface area contributed by atoms with Crippen LogP contribution in [0.3, 0.4) is 0 Å². The fraction of sp³-hybridized carbons (Fsp3) is 0. The molecule has 0 heterocycles. The Morgan fingerprint density at radius 3 is 1.45 bits per heavy atom. The van der Waals surface area contributed by atoms with Gasteiger partial charge in [0.2, 0.25) is 0 Å². The first kappa shape index (κ1) is 11.3. The summed E-state index contributed by atoms with van der Waals surface area (Å²) in [6, 6.07) is 8.48. The molecule has 0 fully saturated rings. The zero-order chi connectivity index (χ0) is 7.56. The summed E-state index contributed by atoms with van der Waals surface area (Å²) >= 11 is -2.86. The molecule has 0 spiro atoms. The van der Waals surface area contributed by atoms with E-state index in [0.29, 0.717) is 0 Å². The fourth-order valence-electron chi connectivity index (χ4n) is 0.663. The molecule has 56 valence electrons. The first-order chi connectivity index (χ1) is 4.70. The van der Waals surface area contributed by atoms with Gasteiger partial charge in [0.1, 0.15) is 0 Å². The number of fused-ring (bicyclic) bond motifs is 1. The van der Waals surface area contributed by atoms with Crippen molar-refractivity contribution in [1.82, 2.24) is 0 Å². The molecule has 0 radical (unpaired) electrons. The van der Waals surface area contributed by atoms with Crippen molar-refractivity contribution in [2.24, 2.45) is 0 Å². The summed E-state index contributed by atoms with van der Waals surface area (Å²) in [4.78, 5) is 0. The van der Waals surface area contributed by atoms with Gasteiger partial charge in [-0.1, -0.05) is 24.3 Å². The van der Waals surface area contributed by atoms with Crippen molar-refractivity contribution in [3.63, 3.8) is 0 Å². The molecule has 1 unspecified atom stereocenters. The Balaban J connectivity index is 0. The number of rotatable bonds is 0. The van der Waals surface area contributed by atoms with Crippen LogP contribution in [-0.4, -0.2) is 13.3 Å². The molecule has 0 bridgehead atoms. The number of benzene rings is 1. The van der Waals surface area contributed by atoms with Crippen LogP contribution in [0, 0.1) is 0 Å². The van der Waals surface area contributed by atoms with E-state index in [2.05, 4.69) is 24.3 Å². The Labute approximate surface area is 90.7 Å². The average Bonchev–Trinajstić information content (AvgIpc) is 1.77. The monoisotopic (exact) mass is 181 g/mol. The molecule has 2 aliphatic rings. The molecule has 0 aromatic heterocycles. The predicted molar refractivity (Wildman–Crippen MR) is 38.1 cm³/mol. The van der Waals surface area contributed by atoms with Gasteiger partial charge in [-0.05, 0) is 11.1 Å². The first-order valence-electron chi connectivity index (χ1n) is 2.59. The van der Waals surface area contributed by atoms with Crippen LogP contribution in [-0.2, 0) is 11.4 Å². The summed E-state index contributed by atoms with van der Waals surface area (Å²) in [7, 11) is 0. The molecule has 5 heteroatoms. The second kappa shape index (κ2) is 5.03. The summed E-state index contributed by atoms with van der Waals surface area (Å²) < 4.78 is 24.1. The van der Waals surface area contributed by atoms with Gasteiger partial charge in [-0.3, -0.25) is 0 Å². The SMILES string of the molecule is O=S([O-])O.[H-].[Na+].c1cc2ccc1-2. The van der Waals surface area contributed by atoms with Gasteiger partial charge in [0, 0.05) is 0 Å². The van der Waals surface area contributed by atoms with E-state index in [1.165, 1.54) is 11.1 Å². The quantitative estimate of drug-likeness (QED) is 0.382.